The van der Waals surface area contributed by atoms with Crippen LogP contribution in [0.1, 0.15) is 104 Å². The van der Waals surface area contributed by atoms with Crippen molar-refractivity contribution >= 4 is 12.3 Å². The average molecular weight is 499 g/mol. The number of aldehydes is 1. The highest BCUT2D eigenvalue weighted by molar-refractivity contribution is 5.91. The topological polar surface area (TPSA) is 61.8 Å². The molecule has 0 saturated heterocycles. The maximum atomic E-state index is 12.7. The van der Waals surface area contributed by atoms with Crippen LogP contribution in [0.3, 0.4) is 0 Å². The number of allylic oxidation sites excluding steroid dienone is 3. The molecule has 0 aliphatic heterocycles. The van der Waals surface area contributed by atoms with Crippen LogP contribution in [0.25, 0.3) is 0 Å². The second-order valence-electron chi connectivity index (χ2n) is 9.76. The standard InChI is InChI=1S/C31H46O5/c1-3-4-5-14-23-34-27-16-18-28(19-17-27)36-31(33)30-21-20-29(25-26(30)2)35-24-15-12-10-8-6-7-9-11-13-22-32/h16-22,26H,3-15,23-25H2,1-2H3. The molecule has 1 atom stereocenters. The number of esters is 1. The Morgan fingerprint density at radius 2 is 1.39 bits per heavy atom. The monoisotopic (exact) mass is 498 g/mol. The molecule has 1 unspecified atom stereocenters. The highest BCUT2D eigenvalue weighted by Gasteiger charge is 2.23. The SMILES string of the molecule is CCCCCCOc1ccc(OC(=O)C2=CC=C(OCCCCCCCCCCC=O)CC2C)cc1. The molecule has 1 aromatic rings. The summed E-state index contributed by atoms with van der Waals surface area (Å²) in [6.45, 7) is 5.67. The second kappa shape index (κ2) is 18.7. The Bertz CT molecular complexity index is 809. The Morgan fingerprint density at radius 3 is 2.03 bits per heavy atom. The molecule has 36 heavy (non-hydrogen) atoms. The van der Waals surface area contributed by atoms with Gasteiger partial charge < -0.3 is 19.0 Å². The smallest absolute Gasteiger partial charge is 0.339 e. The van der Waals surface area contributed by atoms with Crippen molar-refractivity contribution in [2.45, 2.75) is 104 Å². The van der Waals surface area contributed by atoms with Crippen LogP contribution < -0.4 is 9.47 Å². The molecular weight excluding hydrogens is 452 g/mol. The fourth-order valence-corrected chi connectivity index (χ4v) is 4.29. The molecule has 2 rings (SSSR count). The van der Waals surface area contributed by atoms with E-state index in [1.165, 1.54) is 51.4 Å². The number of hydrogen-bond donors (Lipinski definition) is 0. The van der Waals surface area contributed by atoms with Crippen LogP contribution in [0, 0.1) is 5.92 Å². The molecule has 0 aromatic heterocycles. The minimum Gasteiger partial charge on any atom is -0.498 e. The van der Waals surface area contributed by atoms with Crippen molar-refractivity contribution in [3.05, 3.63) is 47.7 Å². The molecule has 1 aliphatic rings. The summed E-state index contributed by atoms with van der Waals surface area (Å²) in [6, 6.07) is 7.27. The molecule has 0 spiro atoms. The summed E-state index contributed by atoms with van der Waals surface area (Å²) in [7, 11) is 0. The number of carbonyl (C=O) groups excluding carboxylic acids is 2. The van der Waals surface area contributed by atoms with Crippen molar-refractivity contribution in [2.24, 2.45) is 5.92 Å². The molecule has 0 saturated carbocycles. The van der Waals surface area contributed by atoms with Crippen LogP contribution >= 0.6 is 0 Å². The lowest BCUT2D eigenvalue weighted by atomic mass is 9.92. The molecule has 5 nitrogen and oxygen atoms in total. The molecular formula is C31H46O5. The maximum Gasteiger partial charge on any atom is 0.339 e. The Morgan fingerprint density at radius 1 is 0.806 bits per heavy atom. The van der Waals surface area contributed by atoms with Gasteiger partial charge in [-0.25, -0.2) is 4.79 Å². The van der Waals surface area contributed by atoms with Crippen LogP contribution in [0.4, 0.5) is 0 Å². The van der Waals surface area contributed by atoms with Gasteiger partial charge in [-0.1, -0.05) is 71.6 Å². The van der Waals surface area contributed by atoms with Gasteiger partial charge in [-0.2, -0.15) is 0 Å². The Labute approximate surface area is 218 Å². The summed E-state index contributed by atoms with van der Waals surface area (Å²) >= 11 is 0. The molecule has 1 aromatic carbocycles. The predicted molar refractivity (Wildman–Crippen MR) is 145 cm³/mol. The third-order valence-electron chi connectivity index (χ3n) is 6.53. The summed E-state index contributed by atoms with van der Waals surface area (Å²) < 4.78 is 17.3. The summed E-state index contributed by atoms with van der Waals surface area (Å²) in [5, 5.41) is 0. The van der Waals surface area contributed by atoms with Crippen molar-refractivity contribution in [3.8, 4) is 11.5 Å². The van der Waals surface area contributed by atoms with E-state index in [0.717, 1.165) is 50.1 Å². The van der Waals surface area contributed by atoms with Crippen molar-refractivity contribution < 1.29 is 23.8 Å². The first-order valence-electron chi connectivity index (χ1n) is 14.1. The van der Waals surface area contributed by atoms with Gasteiger partial charge in [0.1, 0.15) is 17.8 Å². The Kier molecular flexibility index (Phi) is 15.4. The number of benzene rings is 1. The number of hydrogen-bond acceptors (Lipinski definition) is 5. The van der Waals surface area contributed by atoms with Crippen LogP contribution in [-0.4, -0.2) is 25.5 Å². The molecule has 0 bridgehead atoms. The first-order valence-corrected chi connectivity index (χ1v) is 14.1. The van der Waals surface area contributed by atoms with Gasteiger partial charge in [0.25, 0.3) is 0 Å². The normalized spacial score (nSPS) is 15.1. The molecule has 1 aliphatic carbocycles. The summed E-state index contributed by atoms with van der Waals surface area (Å²) in [5.41, 5.74) is 0.673. The van der Waals surface area contributed by atoms with Crippen molar-refractivity contribution in [1.29, 1.82) is 0 Å². The van der Waals surface area contributed by atoms with E-state index in [1.807, 2.05) is 31.2 Å². The molecule has 0 N–H and O–H groups in total. The fraction of sp³-hybridized carbons (Fsp3) is 0.613. The van der Waals surface area contributed by atoms with Gasteiger partial charge in [-0.15, -0.1) is 0 Å². The van der Waals surface area contributed by atoms with Crippen molar-refractivity contribution in [1.82, 2.24) is 0 Å². The largest absolute Gasteiger partial charge is 0.498 e. The van der Waals surface area contributed by atoms with E-state index < -0.39 is 0 Å². The summed E-state index contributed by atoms with van der Waals surface area (Å²) in [4.78, 5) is 23.0. The molecule has 0 heterocycles. The summed E-state index contributed by atoms with van der Waals surface area (Å²) in [5.74, 6) is 2.01. The van der Waals surface area contributed by atoms with E-state index in [2.05, 4.69) is 6.92 Å². The Balaban J connectivity index is 1.63. The Hall–Kier alpha value is -2.56. The maximum absolute atomic E-state index is 12.7. The van der Waals surface area contributed by atoms with E-state index in [0.29, 0.717) is 30.8 Å². The second-order valence-corrected chi connectivity index (χ2v) is 9.76. The molecule has 0 radical (unpaired) electrons. The zero-order chi connectivity index (χ0) is 25.8. The number of rotatable bonds is 20. The van der Waals surface area contributed by atoms with E-state index in [-0.39, 0.29) is 11.9 Å². The molecule has 200 valence electrons. The van der Waals surface area contributed by atoms with Crippen LogP contribution in [-0.2, 0) is 14.3 Å². The lowest BCUT2D eigenvalue weighted by Crippen LogP contribution is -2.19. The third kappa shape index (κ3) is 12.4. The van der Waals surface area contributed by atoms with Crippen LogP contribution in [0.5, 0.6) is 11.5 Å². The lowest BCUT2D eigenvalue weighted by Gasteiger charge is -2.21. The molecule has 0 fully saturated rings. The minimum atomic E-state index is -0.308. The van der Waals surface area contributed by atoms with Crippen LogP contribution in [0.2, 0.25) is 0 Å². The highest BCUT2D eigenvalue weighted by atomic mass is 16.5. The van der Waals surface area contributed by atoms with Gasteiger partial charge in [0.2, 0.25) is 0 Å². The number of carbonyl (C=O) groups is 2. The average Bonchev–Trinajstić information content (AvgIpc) is 2.88. The predicted octanol–water partition coefficient (Wildman–Crippen LogP) is 8.13. The first-order chi connectivity index (χ1) is 17.6. The van der Waals surface area contributed by atoms with Gasteiger partial charge in [-0.3, -0.25) is 0 Å². The van der Waals surface area contributed by atoms with Gasteiger partial charge in [0.15, 0.2) is 0 Å². The van der Waals surface area contributed by atoms with E-state index in [1.54, 1.807) is 12.1 Å². The van der Waals surface area contributed by atoms with Crippen LogP contribution in [0.15, 0.2) is 47.7 Å². The van der Waals surface area contributed by atoms with E-state index >= 15 is 0 Å². The first kappa shape index (κ1) is 29.7. The van der Waals surface area contributed by atoms with Crippen molar-refractivity contribution in [2.75, 3.05) is 13.2 Å². The number of ether oxygens (including phenoxy) is 3. The van der Waals surface area contributed by atoms with Gasteiger partial charge in [0, 0.05) is 18.4 Å². The van der Waals surface area contributed by atoms with Gasteiger partial charge >= 0.3 is 5.97 Å². The zero-order valence-corrected chi connectivity index (χ0v) is 22.5. The minimum absolute atomic E-state index is 0.0578. The quantitative estimate of drug-likeness (QED) is 0.0786. The van der Waals surface area contributed by atoms with E-state index in [4.69, 9.17) is 14.2 Å². The lowest BCUT2D eigenvalue weighted by molar-refractivity contribution is -0.130. The zero-order valence-electron chi connectivity index (χ0n) is 22.5. The fourth-order valence-electron chi connectivity index (χ4n) is 4.29. The third-order valence-corrected chi connectivity index (χ3v) is 6.53. The van der Waals surface area contributed by atoms with E-state index in [9.17, 15) is 9.59 Å². The molecule has 0 amide bonds. The highest BCUT2D eigenvalue weighted by Crippen LogP contribution is 2.28. The van der Waals surface area contributed by atoms with Gasteiger partial charge in [-0.05, 0) is 61.6 Å². The number of unbranched alkanes of at least 4 members (excludes halogenated alkanes) is 11. The summed E-state index contributed by atoms with van der Waals surface area (Å²) in [6.07, 6.45) is 20.2. The molecule has 5 heteroatoms. The van der Waals surface area contributed by atoms with Gasteiger partial charge in [0.05, 0.1) is 19.0 Å². The van der Waals surface area contributed by atoms with Crippen molar-refractivity contribution in [3.63, 3.8) is 0 Å².